The fourth-order valence-electron chi connectivity index (χ4n) is 1.98. The van der Waals surface area contributed by atoms with Gasteiger partial charge in [-0.3, -0.25) is 4.90 Å². The Labute approximate surface area is 93.6 Å². The summed E-state index contributed by atoms with van der Waals surface area (Å²) < 4.78 is 0. The van der Waals surface area contributed by atoms with Crippen LogP contribution in [-0.2, 0) is 0 Å². The molecule has 0 aromatic carbocycles. The number of nitrogens with zero attached hydrogens (tertiary/aromatic N) is 2. The summed E-state index contributed by atoms with van der Waals surface area (Å²) in [5.74, 6) is 0. The van der Waals surface area contributed by atoms with E-state index in [9.17, 15) is 0 Å². The summed E-state index contributed by atoms with van der Waals surface area (Å²) in [5.41, 5.74) is 1.25. The van der Waals surface area contributed by atoms with Crippen LogP contribution < -0.4 is 0 Å². The minimum atomic E-state index is 0.622. The van der Waals surface area contributed by atoms with E-state index in [0.717, 1.165) is 26.2 Å². The van der Waals surface area contributed by atoms with Crippen LogP contribution in [-0.4, -0.2) is 49.1 Å². The molecule has 0 aromatic rings. The molecule has 1 aliphatic heterocycles. The van der Waals surface area contributed by atoms with Gasteiger partial charge in [-0.25, -0.2) is 0 Å². The molecular weight excluding hydrogens is 184 g/mol. The van der Waals surface area contributed by atoms with E-state index in [2.05, 4.69) is 36.9 Å². The highest BCUT2D eigenvalue weighted by Gasteiger charge is 2.21. The molecule has 1 atom stereocenters. The van der Waals surface area contributed by atoms with E-state index in [4.69, 9.17) is 0 Å². The van der Waals surface area contributed by atoms with Gasteiger partial charge in [0.25, 0.3) is 0 Å². The maximum absolute atomic E-state index is 3.83. The van der Waals surface area contributed by atoms with Crippen LogP contribution in [0.2, 0.25) is 0 Å². The average Bonchev–Trinajstić information content (AvgIpc) is 2.21. The number of likely N-dealkylation sites (N-methyl/N-ethyl adjacent to an activating group) is 1. The normalized spacial score (nSPS) is 25.2. The number of hydrogen-bond acceptors (Lipinski definition) is 2. The van der Waals surface area contributed by atoms with E-state index < -0.39 is 0 Å². The van der Waals surface area contributed by atoms with Gasteiger partial charge in [-0.2, -0.15) is 0 Å². The third-order valence-electron chi connectivity index (χ3n) is 2.95. The van der Waals surface area contributed by atoms with E-state index >= 15 is 0 Å². The predicted octanol–water partition coefficient (Wildman–Crippen LogP) is 1.92. The van der Waals surface area contributed by atoms with Crippen molar-refractivity contribution in [2.75, 3.05) is 33.2 Å². The van der Waals surface area contributed by atoms with Gasteiger partial charge in [-0.1, -0.05) is 31.4 Å². The van der Waals surface area contributed by atoms with Crippen molar-refractivity contribution in [3.05, 3.63) is 37.0 Å². The molecule has 1 unspecified atom stereocenters. The minimum Gasteiger partial charge on any atom is -0.304 e. The first-order valence-electron chi connectivity index (χ1n) is 5.54. The molecule has 0 aromatic heterocycles. The highest BCUT2D eigenvalue weighted by atomic mass is 15.3. The summed E-state index contributed by atoms with van der Waals surface area (Å²) in [6, 6.07) is 0.622. The van der Waals surface area contributed by atoms with Gasteiger partial charge in [0.1, 0.15) is 0 Å². The van der Waals surface area contributed by atoms with Crippen molar-refractivity contribution in [3.8, 4) is 0 Å². The van der Waals surface area contributed by atoms with E-state index in [1.807, 2.05) is 18.2 Å². The molecule has 0 saturated carbocycles. The summed E-state index contributed by atoms with van der Waals surface area (Å²) in [5, 5.41) is 0. The fraction of sp³-hybridized carbons (Fsp3) is 0.538. The van der Waals surface area contributed by atoms with Crippen molar-refractivity contribution in [2.24, 2.45) is 0 Å². The Balaban J connectivity index is 2.53. The molecule has 0 radical (unpaired) electrons. The Morgan fingerprint density at radius 1 is 1.40 bits per heavy atom. The molecule has 1 heterocycles. The highest BCUT2D eigenvalue weighted by molar-refractivity contribution is 5.22. The average molecular weight is 206 g/mol. The number of allylic oxidation sites excluding steroid dienone is 2. The molecule has 1 rings (SSSR count). The topological polar surface area (TPSA) is 6.48 Å². The van der Waals surface area contributed by atoms with Crippen LogP contribution in [0.3, 0.4) is 0 Å². The summed E-state index contributed by atoms with van der Waals surface area (Å²) in [4.78, 5) is 4.88. The van der Waals surface area contributed by atoms with Crippen molar-refractivity contribution in [1.29, 1.82) is 0 Å². The van der Waals surface area contributed by atoms with Gasteiger partial charge in [0.15, 0.2) is 0 Å². The lowest BCUT2D eigenvalue weighted by atomic mass is 10.1. The third-order valence-corrected chi connectivity index (χ3v) is 2.95. The molecule has 0 amide bonds. The monoisotopic (exact) mass is 206 g/mol. The predicted molar refractivity (Wildman–Crippen MR) is 67.0 cm³/mol. The van der Waals surface area contributed by atoms with Crippen LogP contribution >= 0.6 is 0 Å². The third kappa shape index (κ3) is 3.65. The summed E-state index contributed by atoms with van der Waals surface area (Å²) in [6.07, 6.45) is 5.79. The molecule has 2 heteroatoms. The highest BCUT2D eigenvalue weighted by Crippen LogP contribution is 2.10. The summed E-state index contributed by atoms with van der Waals surface area (Å²) in [6.45, 7) is 14.3. The van der Waals surface area contributed by atoms with Crippen LogP contribution in [0.1, 0.15) is 6.92 Å². The van der Waals surface area contributed by atoms with Crippen LogP contribution in [0, 0.1) is 0 Å². The van der Waals surface area contributed by atoms with Crippen LogP contribution in [0.15, 0.2) is 37.0 Å². The quantitative estimate of drug-likeness (QED) is 0.648. The Kier molecular flexibility index (Phi) is 4.79. The van der Waals surface area contributed by atoms with Crippen molar-refractivity contribution >= 4 is 0 Å². The van der Waals surface area contributed by atoms with E-state index in [1.165, 1.54) is 5.57 Å². The fourth-order valence-corrected chi connectivity index (χ4v) is 1.98. The lowest BCUT2D eigenvalue weighted by Gasteiger charge is -2.38. The lowest BCUT2D eigenvalue weighted by molar-refractivity contribution is 0.110. The maximum atomic E-state index is 3.83. The van der Waals surface area contributed by atoms with Crippen LogP contribution in [0.4, 0.5) is 0 Å². The lowest BCUT2D eigenvalue weighted by Crippen LogP contribution is -2.50. The molecule has 1 saturated heterocycles. The van der Waals surface area contributed by atoms with Crippen molar-refractivity contribution in [1.82, 2.24) is 9.80 Å². The molecule has 2 nitrogen and oxygen atoms in total. The van der Waals surface area contributed by atoms with E-state index in [0.29, 0.717) is 6.04 Å². The molecule has 0 N–H and O–H groups in total. The van der Waals surface area contributed by atoms with Crippen LogP contribution in [0.5, 0.6) is 0 Å². The van der Waals surface area contributed by atoms with E-state index in [-0.39, 0.29) is 0 Å². The van der Waals surface area contributed by atoms with Gasteiger partial charge in [0.2, 0.25) is 0 Å². The Hall–Kier alpha value is -0.860. The van der Waals surface area contributed by atoms with Gasteiger partial charge < -0.3 is 4.90 Å². The maximum Gasteiger partial charge on any atom is 0.0237 e. The van der Waals surface area contributed by atoms with Crippen molar-refractivity contribution in [2.45, 2.75) is 13.0 Å². The molecule has 1 aliphatic rings. The van der Waals surface area contributed by atoms with E-state index in [1.54, 1.807) is 0 Å². The largest absolute Gasteiger partial charge is 0.304 e. The Bertz CT molecular complexity index is 255. The Morgan fingerprint density at radius 2 is 2.13 bits per heavy atom. The first-order valence-corrected chi connectivity index (χ1v) is 5.54. The zero-order valence-corrected chi connectivity index (χ0v) is 9.95. The molecule has 0 bridgehead atoms. The molecule has 0 aliphatic carbocycles. The van der Waals surface area contributed by atoms with Gasteiger partial charge >= 0.3 is 0 Å². The number of piperazine rings is 1. The van der Waals surface area contributed by atoms with Crippen molar-refractivity contribution < 1.29 is 0 Å². The Morgan fingerprint density at radius 3 is 2.67 bits per heavy atom. The van der Waals surface area contributed by atoms with Crippen LogP contribution in [0.25, 0.3) is 0 Å². The summed E-state index contributed by atoms with van der Waals surface area (Å²) in [7, 11) is 2.18. The zero-order valence-electron chi connectivity index (χ0n) is 9.95. The molecule has 0 spiro atoms. The standard InChI is InChI=1S/C13H22N2/c1-5-7-13(6-2)11-15-9-8-14(4)10-12(15)3/h5-7,12H,1-2,8-11H2,3-4H3/b13-7+. The first-order chi connectivity index (χ1) is 7.17. The smallest absolute Gasteiger partial charge is 0.0237 e. The second-order valence-corrected chi connectivity index (χ2v) is 4.26. The minimum absolute atomic E-state index is 0.622. The molecule has 15 heavy (non-hydrogen) atoms. The first kappa shape index (κ1) is 12.2. The molecule has 84 valence electrons. The second kappa shape index (κ2) is 5.89. The molecular formula is C13H22N2. The number of hydrogen-bond donors (Lipinski definition) is 0. The van der Waals surface area contributed by atoms with Gasteiger partial charge in [0.05, 0.1) is 0 Å². The molecule has 1 fully saturated rings. The number of rotatable bonds is 4. The van der Waals surface area contributed by atoms with Gasteiger partial charge in [0, 0.05) is 32.2 Å². The van der Waals surface area contributed by atoms with Gasteiger partial charge in [-0.05, 0) is 19.5 Å². The van der Waals surface area contributed by atoms with Gasteiger partial charge in [-0.15, -0.1) is 0 Å². The summed E-state index contributed by atoms with van der Waals surface area (Å²) >= 11 is 0. The zero-order chi connectivity index (χ0) is 11.3. The second-order valence-electron chi connectivity index (χ2n) is 4.26. The SMILES string of the molecule is C=C/C=C(\C=C)CN1CCN(C)CC1C. The van der Waals surface area contributed by atoms with Crippen molar-refractivity contribution in [3.63, 3.8) is 0 Å².